The third-order valence-corrected chi connectivity index (χ3v) is 5.31. The van der Waals surface area contributed by atoms with Gasteiger partial charge >= 0.3 is 0 Å². The quantitative estimate of drug-likeness (QED) is 0.842. The number of nitrogens with zero attached hydrogens (tertiary/aromatic N) is 1. The molecule has 3 atom stereocenters. The van der Waals surface area contributed by atoms with E-state index in [-0.39, 0.29) is 0 Å². The van der Waals surface area contributed by atoms with E-state index in [9.17, 15) is 0 Å². The molecule has 0 radical (unpaired) electrons. The Morgan fingerprint density at radius 3 is 2.33 bits per heavy atom. The Hall–Kier alpha value is -0.860. The highest BCUT2D eigenvalue weighted by molar-refractivity contribution is 5.20. The lowest BCUT2D eigenvalue weighted by Gasteiger charge is -2.46. The molecular weight excluding hydrogens is 256 g/mol. The van der Waals surface area contributed by atoms with Crippen LogP contribution in [0.25, 0.3) is 0 Å². The molecule has 1 N–H and O–H groups in total. The molecule has 3 unspecified atom stereocenters. The molecule has 0 spiro atoms. The van der Waals surface area contributed by atoms with Crippen molar-refractivity contribution in [3.8, 4) is 0 Å². The van der Waals surface area contributed by atoms with E-state index in [1.165, 1.54) is 31.4 Å². The van der Waals surface area contributed by atoms with Crippen LogP contribution in [0.5, 0.6) is 0 Å². The van der Waals surface area contributed by atoms with Gasteiger partial charge in [0.2, 0.25) is 0 Å². The molecule has 1 aliphatic rings. The highest BCUT2D eigenvalue weighted by Crippen LogP contribution is 2.29. The fraction of sp³-hybridized carbons (Fsp3) is 0.684. The van der Waals surface area contributed by atoms with Gasteiger partial charge in [-0.15, -0.1) is 0 Å². The zero-order valence-corrected chi connectivity index (χ0v) is 14.2. The largest absolute Gasteiger partial charge is 0.311 e. The van der Waals surface area contributed by atoms with E-state index < -0.39 is 0 Å². The standard InChI is InChI=1S/C19H32N2/c1-5-15(4)18-14-21(17(6-2)7-3)19(13-20-18)16-11-9-8-10-12-16/h8-12,15,17-20H,5-7,13-14H2,1-4H3. The van der Waals surface area contributed by atoms with Gasteiger partial charge in [0.25, 0.3) is 0 Å². The summed E-state index contributed by atoms with van der Waals surface area (Å²) in [6, 6.07) is 12.9. The first-order valence-electron chi connectivity index (χ1n) is 8.75. The fourth-order valence-corrected chi connectivity index (χ4v) is 3.61. The van der Waals surface area contributed by atoms with Crippen molar-refractivity contribution < 1.29 is 0 Å². The van der Waals surface area contributed by atoms with Gasteiger partial charge in [0, 0.05) is 31.2 Å². The highest BCUT2D eigenvalue weighted by atomic mass is 15.3. The second-order valence-electron chi connectivity index (χ2n) is 6.49. The topological polar surface area (TPSA) is 15.3 Å². The normalized spacial score (nSPS) is 25.2. The van der Waals surface area contributed by atoms with E-state index in [1.54, 1.807) is 0 Å². The van der Waals surface area contributed by atoms with E-state index >= 15 is 0 Å². The van der Waals surface area contributed by atoms with Gasteiger partial charge in [-0.05, 0) is 24.3 Å². The van der Waals surface area contributed by atoms with Crippen molar-refractivity contribution in [3.05, 3.63) is 35.9 Å². The molecule has 118 valence electrons. The van der Waals surface area contributed by atoms with Crippen molar-refractivity contribution in [2.75, 3.05) is 13.1 Å². The molecule has 1 heterocycles. The number of nitrogens with one attached hydrogen (secondary N) is 1. The summed E-state index contributed by atoms with van der Waals surface area (Å²) in [6.07, 6.45) is 3.74. The van der Waals surface area contributed by atoms with Crippen LogP contribution in [0.15, 0.2) is 30.3 Å². The van der Waals surface area contributed by atoms with Crippen LogP contribution in [0, 0.1) is 5.92 Å². The molecule has 1 aromatic carbocycles. The first kappa shape index (κ1) is 16.5. The average Bonchev–Trinajstić information content (AvgIpc) is 2.56. The Balaban J connectivity index is 2.20. The van der Waals surface area contributed by atoms with Gasteiger partial charge in [-0.2, -0.15) is 0 Å². The van der Waals surface area contributed by atoms with Crippen LogP contribution >= 0.6 is 0 Å². The summed E-state index contributed by atoms with van der Waals surface area (Å²) < 4.78 is 0. The van der Waals surface area contributed by atoms with Crippen LogP contribution in [0.3, 0.4) is 0 Å². The van der Waals surface area contributed by atoms with Crippen molar-refractivity contribution in [3.63, 3.8) is 0 Å². The summed E-state index contributed by atoms with van der Waals surface area (Å²) in [7, 11) is 0. The lowest BCUT2D eigenvalue weighted by atomic mass is 9.91. The molecular formula is C19H32N2. The fourth-order valence-electron chi connectivity index (χ4n) is 3.61. The lowest BCUT2D eigenvalue weighted by molar-refractivity contribution is 0.0617. The molecule has 21 heavy (non-hydrogen) atoms. The zero-order valence-electron chi connectivity index (χ0n) is 14.2. The van der Waals surface area contributed by atoms with E-state index in [1.807, 2.05) is 0 Å². The van der Waals surface area contributed by atoms with E-state index in [0.29, 0.717) is 18.1 Å². The van der Waals surface area contributed by atoms with Gasteiger partial charge in [0.15, 0.2) is 0 Å². The monoisotopic (exact) mass is 288 g/mol. The Labute approximate surface area is 130 Å². The van der Waals surface area contributed by atoms with Crippen molar-refractivity contribution in [2.45, 2.75) is 65.1 Å². The Bertz CT molecular complexity index is 399. The van der Waals surface area contributed by atoms with Crippen LogP contribution in [0.1, 0.15) is 58.6 Å². The molecule has 0 amide bonds. The van der Waals surface area contributed by atoms with Crippen LogP contribution in [-0.2, 0) is 0 Å². The third kappa shape index (κ3) is 3.87. The molecule has 2 heteroatoms. The molecule has 1 aromatic rings. The summed E-state index contributed by atoms with van der Waals surface area (Å²) in [5, 5.41) is 3.81. The summed E-state index contributed by atoms with van der Waals surface area (Å²) in [4.78, 5) is 2.77. The Morgan fingerprint density at radius 2 is 1.76 bits per heavy atom. The van der Waals surface area contributed by atoms with Gasteiger partial charge in [-0.1, -0.05) is 64.4 Å². The van der Waals surface area contributed by atoms with Crippen LogP contribution in [0.2, 0.25) is 0 Å². The second-order valence-corrected chi connectivity index (χ2v) is 6.49. The number of hydrogen-bond acceptors (Lipinski definition) is 2. The first-order chi connectivity index (χ1) is 10.2. The van der Waals surface area contributed by atoms with Crippen molar-refractivity contribution in [2.24, 2.45) is 5.92 Å². The maximum Gasteiger partial charge on any atom is 0.0476 e. The van der Waals surface area contributed by atoms with Gasteiger partial charge in [0.1, 0.15) is 0 Å². The van der Waals surface area contributed by atoms with E-state index in [4.69, 9.17) is 0 Å². The van der Waals surface area contributed by atoms with E-state index in [2.05, 4.69) is 68.2 Å². The number of rotatable bonds is 6. The van der Waals surface area contributed by atoms with Crippen molar-refractivity contribution >= 4 is 0 Å². The minimum Gasteiger partial charge on any atom is -0.311 e. The Kier molecular flexibility index (Phi) is 6.25. The predicted octanol–water partition coefficient (Wildman–Crippen LogP) is 4.24. The molecule has 1 saturated heterocycles. The molecule has 1 aliphatic heterocycles. The molecule has 2 rings (SSSR count). The van der Waals surface area contributed by atoms with Gasteiger partial charge in [-0.25, -0.2) is 0 Å². The minimum absolute atomic E-state index is 0.524. The van der Waals surface area contributed by atoms with E-state index in [0.717, 1.165) is 12.5 Å². The highest BCUT2D eigenvalue weighted by Gasteiger charge is 2.33. The molecule has 0 bridgehead atoms. The van der Waals surface area contributed by atoms with Crippen molar-refractivity contribution in [1.82, 2.24) is 10.2 Å². The summed E-state index contributed by atoms with van der Waals surface area (Å²) in [6.45, 7) is 11.6. The molecule has 2 nitrogen and oxygen atoms in total. The molecule has 1 fully saturated rings. The van der Waals surface area contributed by atoms with Crippen LogP contribution in [-0.4, -0.2) is 30.1 Å². The zero-order chi connectivity index (χ0) is 15.2. The number of benzene rings is 1. The van der Waals surface area contributed by atoms with Crippen molar-refractivity contribution in [1.29, 1.82) is 0 Å². The molecule has 0 saturated carbocycles. The van der Waals surface area contributed by atoms with Gasteiger partial charge in [0.05, 0.1) is 0 Å². The maximum atomic E-state index is 3.81. The van der Waals surface area contributed by atoms with Crippen LogP contribution < -0.4 is 5.32 Å². The van der Waals surface area contributed by atoms with Crippen LogP contribution in [0.4, 0.5) is 0 Å². The predicted molar refractivity (Wildman–Crippen MR) is 91.5 cm³/mol. The maximum absolute atomic E-state index is 3.81. The molecule has 0 aromatic heterocycles. The average molecular weight is 288 g/mol. The number of hydrogen-bond donors (Lipinski definition) is 1. The first-order valence-corrected chi connectivity index (χ1v) is 8.75. The smallest absolute Gasteiger partial charge is 0.0476 e. The minimum atomic E-state index is 0.524. The summed E-state index contributed by atoms with van der Waals surface area (Å²) in [5.41, 5.74) is 1.46. The lowest BCUT2D eigenvalue weighted by Crippen LogP contribution is -2.57. The summed E-state index contributed by atoms with van der Waals surface area (Å²) in [5.74, 6) is 0.749. The van der Waals surface area contributed by atoms with Gasteiger partial charge in [-0.3, -0.25) is 4.90 Å². The third-order valence-electron chi connectivity index (χ3n) is 5.31. The van der Waals surface area contributed by atoms with Gasteiger partial charge < -0.3 is 5.32 Å². The molecule has 0 aliphatic carbocycles. The number of piperazine rings is 1. The Morgan fingerprint density at radius 1 is 1.10 bits per heavy atom. The second kappa shape index (κ2) is 7.95. The summed E-state index contributed by atoms with van der Waals surface area (Å²) >= 11 is 0. The SMILES string of the molecule is CCC(C)C1CN(C(CC)CC)C(c2ccccc2)CN1.